The summed E-state index contributed by atoms with van der Waals surface area (Å²) in [6, 6.07) is 4.94. The smallest absolute Gasteiger partial charge is 0.310 e. The molecule has 1 heterocycles. The number of rotatable bonds is 7. The van der Waals surface area contributed by atoms with Gasteiger partial charge in [-0.3, -0.25) is 14.4 Å². The van der Waals surface area contributed by atoms with Gasteiger partial charge >= 0.3 is 11.9 Å². The summed E-state index contributed by atoms with van der Waals surface area (Å²) < 4.78 is 10.4. The Morgan fingerprint density at radius 3 is 2.43 bits per heavy atom. The molecule has 0 aliphatic carbocycles. The monoisotopic (exact) mass is 294 g/mol. The second-order valence-electron chi connectivity index (χ2n) is 4.72. The maximum atomic E-state index is 11.6. The van der Waals surface area contributed by atoms with Gasteiger partial charge in [-0.25, -0.2) is 0 Å². The highest BCUT2D eigenvalue weighted by Gasteiger charge is 2.23. The van der Waals surface area contributed by atoms with Crippen molar-refractivity contribution in [1.29, 1.82) is 0 Å². The summed E-state index contributed by atoms with van der Waals surface area (Å²) in [5.74, 6) is -2.32. The van der Waals surface area contributed by atoms with Crippen LogP contribution in [-0.4, -0.2) is 34.7 Å². The van der Waals surface area contributed by atoms with Gasteiger partial charge < -0.3 is 19.7 Å². The summed E-state index contributed by atoms with van der Waals surface area (Å²) >= 11 is 0. The third kappa shape index (κ3) is 3.95. The fourth-order valence-corrected chi connectivity index (χ4v) is 2.20. The zero-order chi connectivity index (χ0) is 15.4. The molecular formula is C14H14O7. The van der Waals surface area contributed by atoms with Crippen LogP contribution in [0.3, 0.4) is 0 Å². The number of benzene rings is 1. The maximum Gasteiger partial charge on any atom is 0.310 e. The lowest BCUT2D eigenvalue weighted by molar-refractivity contribution is -0.140. The van der Waals surface area contributed by atoms with Gasteiger partial charge in [0.15, 0.2) is 11.5 Å². The summed E-state index contributed by atoms with van der Waals surface area (Å²) in [4.78, 5) is 33.1. The summed E-state index contributed by atoms with van der Waals surface area (Å²) in [6.07, 6.45) is -1.01. The normalized spacial score (nSPS) is 13.7. The van der Waals surface area contributed by atoms with Crippen LogP contribution in [0.5, 0.6) is 11.5 Å². The van der Waals surface area contributed by atoms with Crippen molar-refractivity contribution < 1.29 is 34.1 Å². The van der Waals surface area contributed by atoms with Crippen molar-refractivity contribution in [3.8, 4) is 11.5 Å². The SMILES string of the molecule is O=C(O)CC(=O)C[C@@H](CC(=O)O)c1ccc2c(c1)OCO2. The number of aliphatic carboxylic acids is 2. The third-order valence-electron chi connectivity index (χ3n) is 3.11. The number of carboxylic acid groups (broad SMARTS) is 2. The van der Waals surface area contributed by atoms with Crippen molar-refractivity contribution in [2.45, 2.75) is 25.2 Å². The zero-order valence-corrected chi connectivity index (χ0v) is 11.1. The van der Waals surface area contributed by atoms with E-state index in [1.807, 2.05) is 0 Å². The molecule has 2 rings (SSSR count). The molecule has 7 nitrogen and oxygen atoms in total. The van der Waals surface area contributed by atoms with E-state index >= 15 is 0 Å². The molecule has 0 saturated heterocycles. The van der Waals surface area contributed by atoms with E-state index in [1.165, 1.54) is 0 Å². The molecule has 0 unspecified atom stereocenters. The van der Waals surface area contributed by atoms with E-state index in [9.17, 15) is 14.4 Å². The highest BCUT2D eigenvalue weighted by molar-refractivity contribution is 5.95. The average molecular weight is 294 g/mol. The molecule has 0 fully saturated rings. The van der Waals surface area contributed by atoms with E-state index in [0.29, 0.717) is 17.1 Å². The minimum absolute atomic E-state index is 0.0975. The van der Waals surface area contributed by atoms with Crippen LogP contribution in [0.1, 0.15) is 30.7 Å². The van der Waals surface area contributed by atoms with Gasteiger partial charge in [-0.1, -0.05) is 6.07 Å². The molecule has 21 heavy (non-hydrogen) atoms. The van der Waals surface area contributed by atoms with Gasteiger partial charge in [-0.2, -0.15) is 0 Å². The van der Waals surface area contributed by atoms with E-state index in [4.69, 9.17) is 19.7 Å². The molecule has 0 bridgehead atoms. The molecule has 0 amide bonds. The molecule has 1 atom stereocenters. The number of hydrogen-bond acceptors (Lipinski definition) is 5. The molecule has 7 heteroatoms. The second kappa shape index (κ2) is 6.25. The highest BCUT2D eigenvalue weighted by atomic mass is 16.7. The van der Waals surface area contributed by atoms with Gasteiger partial charge in [-0.15, -0.1) is 0 Å². The minimum atomic E-state index is -1.22. The molecule has 112 valence electrons. The van der Waals surface area contributed by atoms with Crippen LogP contribution in [0.15, 0.2) is 18.2 Å². The lowest BCUT2D eigenvalue weighted by Gasteiger charge is -2.14. The quantitative estimate of drug-likeness (QED) is 0.731. The van der Waals surface area contributed by atoms with Crippen molar-refractivity contribution in [3.05, 3.63) is 23.8 Å². The first-order valence-corrected chi connectivity index (χ1v) is 6.30. The van der Waals surface area contributed by atoms with Crippen molar-refractivity contribution >= 4 is 17.7 Å². The first-order chi connectivity index (χ1) is 9.95. The van der Waals surface area contributed by atoms with Gasteiger partial charge in [0, 0.05) is 12.3 Å². The van der Waals surface area contributed by atoms with Crippen LogP contribution in [0.4, 0.5) is 0 Å². The Balaban J connectivity index is 2.17. The molecule has 1 aromatic carbocycles. The van der Waals surface area contributed by atoms with Crippen molar-refractivity contribution in [3.63, 3.8) is 0 Å². The minimum Gasteiger partial charge on any atom is -0.481 e. The molecular weight excluding hydrogens is 280 g/mol. The Labute approximate surface area is 120 Å². The third-order valence-corrected chi connectivity index (χ3v) is 3.11. The molecule has 0 radical (unpaired) electrons. The zero-order valence-electron chi connectivity index (χ0n) is 11.1. The van der Waals surface area contributed by atoms with Crippen molar-refractivity contribution in [1.82, 2.24) is 0 Å². The Hall–Kier alpha value is -2.57. The summed E-state index contributed by atoms with van der Waals surface area (Å²) in [5, 5.41) is 17.6. The van der Waals surface area contributed by atoms with E-state index in [-0.39, 0.29) is 19.6 Å². The van der Waals surface area contributed by atoms with Crippen LogP contribution >= 0.6 is 0 Å². The van der Waals surface area contributed by atoms with Gasteiger partial charge in [0.05, 0.1) is 6.42 Å². The molecule has 0 saturated carbocycles. The van der Waals surface area contributed by atoms with E-state index in [0.717, 1.165) is 0 Å². The molecule has 0 aromatic heterocycles. The van der Waals surface area contributed by atoms with Gasteiger partial charge in [0.25, 0.3) is 0 Å². The number of Topliss-reactive ketones (excluding diaryl/α,β-unsaturated/α-hetero) is 1. The predicted molar refractivity (Wildman–Crippen MR) is 69.4 cm³/mol. The van der Waals surface area contributed by atoms with Gasteiger partial charge in [-0.05, 0) is 17.7 Å². The first kappa shape index (κ1) is 14.8. The lowest BCUT2D eigenvalue weighted by Crippen LogP contribution is -2.14. The molecule has 0 spiro atoms. The summed E-state index contributed by atoms with van der Waals surface area (Å²) in [6.45, 7) is 0.0975. The standard InChI is InChI=1S/C14H14O7/c15-10(6-14(18)19)3-9(5-13(16)17)8-1-2-11-12(4-8)21-7-20-11/h1-2,4,9H,3,5-7H2,(H,16,17)(H,18,19)/t9-/m0/s1. The summed E-state index contributed by atoms with van der Waals surface area (Å²) in [7, 11) is 0. The van der Waals surface area contributed by atoms with Gasteiger partial charge in [0.1, 0.15) is 12.2 Å². The number of carbonyl (C=O) groups is 3. The van der Waals surface area contributed by atoms with E-state index < -0.39 is 30.1 Å². The second-order valence-corrected chi connectivity index (χ2v) is 4.72. The number of hydrogen-bond donors (Lipinski definition) is 2. The average Bonchev–Trinajstić information content (AvgIpc) is 2.83. The van der Waals surface area contributed by atoms with Crippen LogP contribution in [-0.2, 0) is 14.4 Å². The first-order valence-electron chi connectivity index (χ1n) is 6.30. The van der Waals surface area contributed by atoms with Crippen LogP contribution in [0.25, 0.3) is 0 Å². The molecule has 1 aromatic rings. The Kier molecular flexibility index (Phi) is 4.42. The topological polar surface area (TPSA) is 110 Å². The van der Waals surface area contributed by atoms with Crippen LogP contribution < -0.4 is 9.47 Å². The fourth-order valence-electron chi connectivity index (χ4n) is 2.20. The Morgan fingerprint density at radius 2 is 1.76 bits per heavy atom. The van der Waals surface area contributed by atoms with Crippen molar-refractivity contribution in [2.75, 3.05) is 6.79 Å². The van der Waals surface area contributed by atoms with E-state index in [2.05, 4.69) is 0 Å². The molecule has 1 aliphatic rings. The Morgan fingerprint density at radius 1 is 1.05 bits per heavy atom. The summed E-state index contributed by atoms with van der Waals surface area (Å²) in [5.41, 5.74) is 0.611. The number of ketones is 1. The largest absolute Gasteiger partial charge is 0.481 e. The number of carbonyl (C=O) groups excluding carboxylic acids is 1. The van der Waals surface area contributed by atoms with Crippen LogP contribution in [0.2, 0.25) is 0 Å². The number of carboxylic acids is 2. The lowest BCUT2D eigenvalue weighted by atomic mass is 9.90. The van der Waals surface area contributed by atoms with E-state index in [1.54, 1.807) is 18.2 Å². The fraction of sp³-hybridized carbons (Fsp3) is 0.357. The number of fused-ring (bicyclic) bond motifs is 1. The Bertz CT molecular complexity index is 579. The molecule has 2 N–H and O–H groups in total. The van der Waals surface area contributed by atoms with Gasteiger partial charge in [0.2, 0.25) is 6.79 Å². The molecule has 1 aliphatic heterocycles. The van der Waals surface area contributed by atoms with Crippen molar-refractivity contribution in [2.24, 2.45) is 0 Å². The number of ether oxygens (including phenoxy) is 2. The van der Waals surface area contributed by atoms with Crippen LogP contribution in [0, 0.1) is 0 Å². The maximum absolute atomic E-state index is 11.6. The predicted octanol–water partition coefficient (Wildman–Crippen LogP) is 1.41. The highest BCUT2D eigenvalue weighted by Crippen LogP contribution is 2.36.